The zero-order valence-electron chi connectivity index (χ0n) is 19.5. The van der Waals surface area contributed by atoms with Crippen LogP contribution in [0.5, 0.6) is 11.5 Å². The maximum absolute atomic E-state index is 6.42. The van der Waals surface area contributed by atoms with E-state index >= 15 is 0 Å². The topological polar surface area (TPSA) is 21.7 Å². The zero-order chi connectivity index (χ0) is 23.5. The molecule has 0 saturated carbocycles. The molecule has 1 heterocycles. The van der Waals surface area contributed by atoms with Gasteiger partial charge in [0.25, 0.3) is 0 Å². The fourth-order valence-electron chi connectivity index (χ4n) is 4.90. The lowest BCUT2D eigenvalue weighted by Crippen LogP contribution is -2.35. The van der Waals surface area contributed by atoms with Gasteiger partial charge in [0.1, 0.15) is 0 Å². The Kier molecular flexibility index (Phi) is 6.57. The normalized spacial score (nSPS) is 15.6. The number of rotatable bonds is 6. The highest BCUT2D eigenvalue weighted by atomic mass is 35.5. The SMILES string of the molecule is COc1cc2c(cc1OC)[C@H](c1cccc(Cl)c1)N(Cc1ccc(-c3ccccc3)cc1)CC2. The Morgan fingerprint density at radius 2 is 1.50 bits per heavy atom. The van der Waals surface area contributed by atoms with Crippen molar-refractivity contribution >= 4 is 11.6 Å². The fraction of sp³-hybridized carbons (Fsp3) is 0.200. The maximum atomic E-state index is 6.42. The summed E-state index contributed by atoms with van der Waals surface area (Å²) in [6.45, 7) is 1.79. The summed E-state index contributed by atoms with van der Waals surface area (Å²) in [4.78, 5) is 2.53. The molecule has 0 aliphatic carbocycles. The van der Waals surface area contributed by atoms with Crippen molar-refractivity contribution in [2.75, 3.05) is 20.8 Å². The van der Waals surface area contributed by atoms with Crippen molar-refractivity contribution < 1.29 is 9.47 Å². The van der Waals surface area contributed by atoms with Crippen molar-refractivity contribution in [1.82, 2.24) is 4.90 Å². The molecular weight excluding hydrogens is 442 g/mol. The first-order valence-corrected chi connectivity index (χ1v) is 11.9. The second-order valence-electron chi connectivity index (χ2n) is 8.65. The molecule has 0 fully saturated rings. The number of ether oxygens (including phenoxy) is 2. The van der Waals surface area contributed by atoms with Crippen LogP contribution in [0.3, 0.4) is 0 Å². The second kappa shape index (κ2) is 9.92. The van der Waals surface area contributed by atoms with Crippen LogP contribution in [0.2, 0.25) is 5.02 Å². The van der Waals surface area contributed by atoms with Crippen LogP contribution in [0.15, 0.2) is 91.0 Å². The van der Waals surface area contributed by atoms with Crippen molar-refractivity contribution in [3.63, 3.8) is 0 Å². The van der Waals surface area contributed by atoms with E-state index in [0.29, 0.717) is 0 Å². The van der Waals surface area contributed by atoms with Crippen LogP contribution in [-0.2, 0) is 13.0 Å². The van der Waals surface area contributed by atoms with Crippen LogP contribution < -0.4 is 9.47 Å². The number of methoxy groups -OCH3 is 2. The van der Waals surface area contributed by atoms with Gasteiger partial charge in [-0.15, -0.1) is 0 Å². The highest BCUT2D eigenvalue weighted by molar-refractivity contribution is 6.30. The van der Waals surface area contributed by atoms with Crippen LogP contribution in [0.25, 0.3) is 11.1 Å². The van der Waals surface area contributed by atoms with E-state index in [-0.39, 0.29) is 6.04 Å². The van der Waals surface area contributed by atoms with E-state index in [2.05, 4.69) is 77.7 Å². The van der Waals surface area contributed by atoms with Gasteiger partial charge in [-0.3, -0.25) is 4.90 Å². The van der Waals surface area contributed by atoms with Gasteiger partial charge < -0.3 is 9.47 Å². The first-order chi connectivity index (χ1) is 16.7. The van der Waals surface area contributed by atoms with E-state index in [1.165, 1.54) is 33.4 Å². The van der Waals surface area contributed by atoms with Crippen LogP contribution >= 0.6 is 11.6 Å². The zero-order valence-corrected chi connectivity index (χ0v) is 20.3. The number of benzene rings is 4. The van der Waals surface area contributed by atoms with Crippen molar-refractivity contribution in [2.45, 2.75) is 19.0 Å². The molecule has 1 aliphatic rings. The maximum Gasteiger partial charge on any atom is 0.161 e. The molecule has 0 N–H and O–H groups in total. The number of hydrogen-bond acceptors (Lipinski definition) is 3. The van der Waals surface area contributed by atoms with Gasteiger partial charge in [0.2, 0.25) is 0 Å². The van der Waals surface area contributed by atoms with Crippen LogP contribution in [-0.4, -0.2) is 25.7 Å². The average Bonchev–Trinajstić information content (AvgIpc) is 2.88. The summed E-state index contributed by atoms with van der Waals surface area (Å²) in [5.74, 6) is 1.53. The fourth-order valence-corrected chi connectivity index (χ4v) is 5.10. The smallest absolute Gasteiger partial charge is 0.161 e. The highest BCUT2D eigenvalue weighted by Crippen LogP contribution is 2.42. The van der Waals surface area contributed by atoms with Crippen LogP contribution in [0.1, 0.15) is 28.3 Å². The molecule has 0 amide bonds. The predicted molar refractivity (Wildman–Crippen MR) is 139 cm³/mol. The third-order valence-corrected chi connectivity index (χ3v) is 6.82. The first kappa shape index (κ1) is 22.5. The Morgan fingerprint density at radius 3 is 2.21 bits per heavy atom. The van der Waals surface area contributed by atoms with Gasteiger partial charge in [-0.1, -0.05) is 78.3 Å². The van der Waals surface area contributed by atoms with Gasteiger partial charge in [0.05, 0.1) is 20.3 Å². The van der Waals surface area contributed by atoms with Crippen LogP contribution in [0.4, 0.5) is 0 Å². The molecule has 5 rings (SSSR count). The van der Waals surface area contributed by atoms with Crippen LogP contribution in [0, 0.1) is 0 Å². The van der Waals surface area contributed by atoms with Gasteiger partial charge in [0.15, 0.2) is 11.5 Å². The quantitative estimate of drug-likeness (QED) is 0.298. The van der Waals surface area contributed by atoms with Crippen molar-refractivity contribution in [1.29, 1.82) is 0 Å². The van der Waals surface area contributed by atoms with Crippen molar-refractivity contribution in [3.8, 4) is 22.6 Å². The van der Waals surface area contributed by atoms with Gasteiger partial charge in [-0.25, -0.2) is 0 Å². The van der Waals surface area contributed by atoms with E-state index in [4.69, 9.17) is 21.1 Å². The van der Waals surface area contributed by atoms with E-state index in [9.17, 15) is 0 Å². The molecule has 0 unspecified atom stereocenters. The second-order valence-corrected chi connectivity index (χ2v) is 9.08. The summed E-state index contributed by atoms with van der Waals surface area (Å²) < 4.78 is 11.2. The average molecular weight is 470 g/mol. The molecular formula is C30H28ClNO2. The van der Waals surface area contributed by atoms with E-state index < -0.39 is 0 Å². The predicted octanol–water partition coefficient (Wildman–Crippen LogP) is 7.17. The standard InChI is InChI=1S/C30H28ClNO2/c1-33-28-18-24-15-16-32(20-21-11-13-23(14-12-21)22-7-4-3-5-8-22)30(27(24)19-29(28)34-2)25-9-6-10-26(31)17-25/h3-14,17-19,30H,15-16,20H2,1-2H3/t30-/m0/s1. The van der Waals surface area contributed by atoms with Gasteiger partial charge in [0, 0.05) is 18.1 Å². The summed E-state index contributed by atoms with van der Waals surface area (Å²) in [5, 5.41) is 0.747. The van der Waals surface area contributed by atoms with Gasteiger partial charge >= 0.3 is 0 Å². The molecule has 3 nitrogen and oxygen atoms in total. The molecule has 1 atom stereocenters. The van der Waals surface area contributed by atoms with Crippen molar-refractivity contribution in [2.24, 2.45) is 0 Å². The Hall–Kier alpha value is -3.27. The molecule has 4 aromatic rings. The summed E-state index contributed by atoms with van der Waals surface area (Å²) in [5.41, 5.74) is 7.47. The molecule has 0 spiro atoms. The molecule has 172 valence electrons. The molecule has 0 radical (unpaired) electrons. The molecule has 1 aliphatic heterocycles. The Balaban J connectivity index is 1.50. The lowest BCUT2D eigenvalue weighted by Gasteiger charge is -2.38. The molecule has 0 saturated heterocycles. The Morgan fingerprint density at radius 1 is 0.794 bits per heavy atom. The van der Waals surface area contributed by atoms with Gasteiger partial charge in [-0.05, 0) is 64.1 Å². The summed E-state index contributed by atoms with van der Waals surface area (Å²) in [6.07, 6.45) is 0.953. The minimum atomic E-state index is 0.0797. The number of fused-ring (bicyclic) bond motifs is 1. The summed E-state index contributed by atoms with van der Waals surface area (Å²) in [7, 11) is 3.38. The summed E-state index contributed by atoms with van der Waals surface area (Å²) >= 11 is 6.42. The number of halogens is 1. The third kappa shape index (κ3) is 4.54. The van der Waals surface area contributed by atoms with Gasteiger partial charge in [-0.2, -0.15) is 0 Å². The number of nitrogens with zero attached hydrogens (tertiary/aromatic N) is 1. The Bertz CT molecular complexity index is 1270. The first-order valence-electron chi connectivity index (χ1n) is 11.5. The lowest BCUT2D eigenvalue weighted by atomic mass is 9.87. The third-order valence-electron chi connectivity index (χ3n) is 6.58. The summed E-state index contributed by atoms with van der Waals surface area (Å²) in [6, 6.07) is 31.9. The van der Waals surface area contributed by atoms with E-state index in [0.717, 1.165) is 36.0 Å². The highest BCUT2D eigenvalue weighted by Gasteiger charge is 2.30. The molecule has 4 aromatic carbocycles. The molecule has 0 aromatic heterocycles. The largest absolute Gasteiger partial charge is 0.493 e. The lowest BCUT2D eigenvalue weighted by molar-refractivity contribution is 0.203. The van der Waals surface area contributed by atoms with Crippen molar-refractivity contribution in [3.05, 3.63) is 118 Å². The number of hydrogen-bond donors (Lipinski definition) is 0. The van der Waals surface area contributed by atoms with E-state index in [1.54, 1.807) is 14.2 Å². The Labute approximate surface area is 206 Å². The minimum absolute atomic E-state index is 0.0797. The monoisotopic (exact) mass is 469 g/mol. The van der Waals surface area contributed by atoms with E-state index in [1.807, 2.05) is 18.2 Å². The minimum Gasteiger partial charge on any atom is -0.493 e. The molecule has 34 heavy (non-hydrogen) atoms. The molecule has 0 bridgehead atoms. The molecule has 4 heteroatoms.